The van der Waals surface area contributed by atoms with Crippen molar-refractivity contribution in [1.82, 2.24) is 4.98 Å². The van der Waals surface area contributed by atoms with Crippen LogP contribution in [0.15, 0.2) is 52.4 Å². The summed E-state index contributed by atoms with van der Waals surface area (Å²) in [5.41, 5.74) is 5.90. The number of hydrogen-bond donors (Lipinski definition) is 2. The van der Waals surface area contributed by atoms with Crippen molar-refractivity contribution in [2.75, 3.05) is 7.11 Å². The quantitative estimate of drug-likeness (QED) is 0.653. The van der Waals surface area contributed by atoms with Crippen molar-refractivity contribution in [2.24, 2.45) is 5.73 Å². The molecule has 0 saturated heterocycles. The van der Waals surface area contributed by atoms with E-state index in [2.05, 4.69) is 4.98 Å². The van der Waals surface area contributed by atoms with E-state index >= 15 is 0 Å². The number of rotatable bonds is 4. The Bertz CT molecular complexity index is 572. The third kappa shape index (κ3) is 3.01. The van der Waals surface area contributed by atoms with Crippen LogP contribution < -0.4 is 10.5 Å². The maximum atomic E-state index is 7.36. The molecule has 0 aliphatic rings. The first-order valence-corrected chi connectivity index (χ1v) is 6.13. The van der Waals surface area contributed by atoms with E-state index in [1.807, 2.05) is 30.3 Å². The first-order chi connectivity index (χ1) is 8.69. The summed E-state index contributed by atoms with van der Waals surface area (Å²) in [6, 6.07) is 11.5. The lowest BCUT2D eigenvalue weighted by atomic mass is 10.3. The van der Waals surface area contributed by atoms with Gasteiger partial charge >= 0.3 is 0 Å². The number of nitrogen functional groups attached to an aromatic ring is 1. The Kier molecular flexibility index (Phi) is 3.84. The Balaban J connectivity index is 2.22. The van der Waals surface area contributed by atoms with Crippen LogP contribution >= 0.6 is 11.8 Å². The molecule has 0 aliphatic heterocycles. The van der Waals surface area contributed by atoms with Crippen LogP contribution in [0.4, 0.5) is 0 Å². The van der Waals surface area contributed by atoms with Crippen molar-refractivity contribution < 1.29 is 4.74 Å². The zero-order chi connectivity index (χ0) is 13.0. The number of amidine groups is 1. The maximum Gasteiger partial charge on any atom is 0.141 e. The molecule has 0 amide bonds. The van der Waals surface area contributed by atoms with Gasteiger partial charge in [-0.3, -0.25) is 10.4 Å². The second-order valence-electron chi connectivity index (χ2n) is 3.57. The van der Waals surface area contributed by atoms with Crippen molar-refractivity contribution in [2.45, 2.75) is 9.79 Å². The molecule has 2 rings (SSSR count). The smallest absolute Gasteiger partial charge is 0.141 e. The molecule has 18 heavy (non-hydrogen) atoms. The summed E-state index contributed by atoms with van der Waals surface area (Å²) in [6.45, 7) is 0. The van der Waals surface area contributed by atoms with E-state index in [1.165, 1.54) is 0 Å². The van der Waals surface area contributed by atoms with E-state index in [4.69, 9.17) is 15.9 Å². The molecule has 0 bridgehead atoms. The van der Waals surface area contributed by atoms with Crippen LogP contribution in [0.5, 0.6) is 5.75 Å². The van der Waals surface area contributed by atoms with E-state index in [1.54, 1.807) is 31.1 Å². The molecule has 0 aliphatic carbocycles. The number of ether oxygens (including phenoxy) is 1. The molecule has 0 spiro atoms. The summed E-state index contributed by atoms with van der Waals surface area (Å²) in [7, 11) is 1.64. The van der Waals surface area contributed by atoms with Crippen molar-refractivity contribution in [3.8, 4) is 5.75 Å². The molecule has 0 fully saturated rings. The summed E-state index contributed by atoms with van der Waals surface area (Å²) in [5, 5.41) is 7.36. The molecule has 1 aromatic carbocycles. The fourth-order valence-electron chi connectivity index (χ4n) is 1.42. The van der Waals surface area contributed by atoms with Gasteiger partial charge in [-0.2, -0.15) is 0 Å². The molecule has 4 nitrogen and oxygen atoms in total. The molecule has 1 heterocycles. The van der Waals surface area contributed by atoms with Gasteiger partial charge < -0.3 is 10.5 Å². The second-order valence-corrected chi connectivity index (χ2v) is 4.72. The SMILES string of the molecule is COc1cccc(Sc2ccnc(C(=N)N)c2)c1. The average molecular weight is 259 g/mol. The van der Waals surface area contributed by atoms with Gasteiger partial charge in [-0.25, -0.2) is 0 Å². The molecule has 0 unspecified atom stereocenters. The lowest BCUT2D eigenvalue weighted by molar-refractivity contribution is 0.413. The van der Waals surface area contributed by atoms with Gasteiger partial charge in [0.1, 0.15) is 17.3 Å². The van der Waals surface area contributed by atoms with Gasteiger partial charge in [0.25, 0.3) is 0 Å². The summed E-state index contributed by atoms with van der Waals surface area (Å²) >= 11 is 1.58. The van der Waals surface area contributed by atoms with Gasteiger partial charge in [0.05, 0.1) is 7.11 Å². The monoisotopic (exact) mass is 259 g/mol. The standard InChI is InChI=1S/C13H13N3OS/c1-17-9-3-2-4-10(7-9)18-11-5-6-16-12(8-11)13(14)15/h2-8H,1H3,(H3,14,15). The van der Waals surface area contributed by atoms with Crippen molar-refractivity contribution >= 4 is 17.6 Å². The van der Waals surface area contributed by atoms with E-state index in [0.29, 0.717) is 5.69 Å². The van der Waals surface area contributed by atoms with Crippen molar-refractivity contribution in [3.63, 3.8) is 0 Å². The molecule has 0 radical (unpaired) electrons. The summed E-state index contributed by atoms with van der Waals surface area (Å²) in [4.78, 5) is 6.08. The molecule has 2 aromatic rings. The Hall–Kier alpha value is -2.01. The fourth-order valence-corrected chi connectivity index (χ4v) is 2.32. The van der Waals surface area contributed by atoms with Gasteiger partial charge in [-0.15, -0.1) is 0 Å². The van der Waals surface area contributed by atoms with Gasteiger partial charge in [0.15, 0.2) is 0 Å². The molecule has 1 aromatic heterocycles. The number of benzene rings is 1. The lowest BCUT2D eigenvalue weighted by Crippen LogP contribution is -2.12. The molecule has 3 N–H and O–H groups in total. The minimum absolute atomic E-state index is 0.0249. The summed E-state index contributed by atoms with van der Waals surface area (Å²) < 4.78 is 5.17. The van der Waals surface area contributed by atoms with Crippen molar-refractivity contribution in [3.05, 3.63) is 48.3 Å². The summed E-state index contributed by atoms with van der Waals surface area (Å²) in [5.74, 6) is 0.795. The maximum absolute atomic E-state index is 7.36. The Morgan fingerprint density at radius 3 is 2.78 bits per heavy atom. The third-order valence-electron chi connectivity index (χ3n) is 2.28. The highest BCUT2D eigenvalue weighted by Crippen LogP contribution is 2.29. The minimum atomic E-state index is -0.0249. The van der Waals surface area contributed by atoms with Crippen LogP contribution in [-0.4, -0.2) is 17.9 Å². The van der Waals surface area contributed by atoms with Crippen LogP contribution in [0.1, 0.15) is 5.69 Å². The van der Waals surface area contributed by atoms with E-state index in [-0.39, 0.29) is 5.84 Å². The van der Waals surface area contributed by atoms with E-state index in [9.17, 15) is 0 Å². The van der Waals surface area contributed by atoms with Crippen molar-refractivity contribution in [1.29, 1.82) is 5.41 Å². The zero-order valence-electron chi connectivity index (χ0n) is 9.88. The number of nitrogens with two attached hydrogens (primary N) is 1. The van der Waals surface area contributed by atoms with Gasteiger partial charge in [0, 0.05) is 16.0 Å². The molecule has 92 valence electrons. The molecule has 0 saturated carbocycles. The predicted octanol–water partition coefficient (Wildman–Crippen LogP) is 2.53. The molecular formula is C13H13N3OS. The van der Waals surface area contributed by atoms with Gasteiger partial charge in [-0.05, 0) is 30.3 Å². The average Bonchev–Trinajstić information content (AvgIpc) is 2.39. The lowest BCUT2D eigenvalue weighted by Gasteiger charge is -2.05. The third-order valence-corrected chi connectivity index (χ3v) is 3.26. The number of nitrogens with one attached hydrogen (secondary N) is 1. The van der Waals surface area contributed by atoms with Crippen LogP contribution in [0.3, 0.4) is 0 Å². The highest BCUT2D eigenvalue weighted by atomic mass is 32.2. The van der Waals surface area contributed by atoms with Crippen LogP contribution in [0.2, 0.25) is 0 Å². The number of aromatic nitrogens is 1. The van der Waals surface area contributed by atoms with Gasteiger partial charge in [0.2, 0.25) is 0 Å². The fraction of sp³-hybridized carbons (Fsp3) is 0.0769. The Morgan fingerprint density at radius 1 is 1.28 bits per heavy atom. The Morgan fingerprint density at radius 2 is 2.06 bits per heavy atom. The topological polar surface area (TPSA) is 72.0 Å². The normalized spacial score (nSPS) is 10.1. The summed E-state index contributed by atoms with van der Waals surface area (Å²) in [6.07, 6.45) is 1.65. The van der Waals surface area contributed by atoms with E-state index < -0.39 is 0 Å². The minimum Gasteiger partial charge on any atom is -0.497 e. The highest BCUT2D eigenvalue weighted by Gasteiger charge is 2.03. The highest BCUT2D eigenvalue weighted by molar-refractivity contribution is 7.99. The second kappa shape index (κ2) is 5.55. The van der Waals surface area contributed by atoms with Crippen LogP contribution in [-0.2, 0) is 0 Å². The van der Waals surface area contributed by atoms with Crippen LogP contribution in [0.25, 0.3) is 0 Å². The molecule has 0 atom stereocenters. The van der Waals surface area contributed by atoms with E-state index in [0.717, 1.165) is 15.5 Å². The van der Waals surface area contributed by atoms with Crippen LogP contribution in [0, 0.1) is 5.41 Å². The molecular weight excluding hydrogens is 246 g/mol. The zero-order valence-corrected chi connectivity index (χ0v) is 10.7. The number of methoxy groups -OCH3 is 1. The Labute approximate surface area is 110 Å². The predicted molar refractivity (Wildman–Crippen MR) is 72.4 cm³/mol. The largest absolute Gasteiger partial charge is 0.497 e. The number of nitrogens with zero attached hydrogens (tertiary/aromatic N) is 1. The van der Waals surface area contributed by atoms with Gasteiger partial charge in [-0.1, -0.05) is 17.8 Å². The number of pyridine rings is 1. The first-order valence-electron chi connectivity index (χ1n) is 5.31. The number of hydrogen-bond acceptors (Lipinski definition) is 4. The first kappa shape index (κ1) is 12.4. The molecule has 5 heteroatoms.